The number of halogens is 3. The number of nitrogens with one attached hydrogen (secondary N) is 1. The predicted octanol–water partition coefficient (Wildman–Crippen LogP) is 3.51. The summed E-state index contributed by atoms with van der Waals surface area (Å²) in [4.78, 5) is 0. The zero-order chi connectivity index (χ0) is 13.4. The molecule has 0 aromatic heterocycles. The summed E-state index contributed by atoms with van der Waals surface area (Å²) in [6, 6.07) is 0.174. The van der Waals surface area contributed by atoms with E-state index in [2.05, 4.69) is 12.2 Å². The summed E-state index contributed by atoms with van der Waals surface area (Å²) in [6.07, 6.45) is -0.816. The third kappa shape index (κ3) is 6.59. The Hall–Kier alpha value is -0.290. The molecule has 0 amide bonds. The van der Waals surface area contributed by atoms with Crippen molar-refractivity contribution in [1.29, 1.82) is 0 Å². The first-order valence-electron chi connectivity index (χ1n) is 6.91. The fourth-order valence-electron chi connectivity index (χ4n) is 2.44. The van der Waals surface area contributed by atoms with E-state index in [-0.39, 0.29) is 12.5 Å². The minimum absolute atomic E-state index is 0.174. The van der Waals surface area contributed by atoms with Gasteiger partial charge >= 0.3 is 6.18 Å². The number of hydrogen-bond acceptors (Lipinski definition) is 2. The molecule has 1 aliphatic rings. The van der Waals surface area contributed by atoms with Gasteiger partial charge in [0.15, 0.2) is 0 Å². The van der Waals surface area contributed by atoms with Crippen LogP contribution in [0.5, 0.6) is 0 Å². The van der Waals surface area contributed by atoms with Gasteiger partial charge in [0.25, 0.3) is 0 Å². The topological polar surface area (TPSA) is 21.3 Å². The predicted molar refractivity (Wildman–Crippen MR) is 65.5 cm³/mol. The van der Waals surface area contributed by atoms with Crippen LogP contribution in [0.3, 0.4) is 0 Å². The Morgan fingerprint density at radius 2 is 2.17 bits per heavy atom. The van der Waals surface area contributed by atoms with Crippen molar-refractivity contribution in [3.63, 3.8) is 0 Å². The smallest absolute Gasteiger partial charge is 0.381 e. The minimum Gasteiger partial charge on any atom is -0.381 e. The minimum atomic E-state index is -4.03. The average Bonchev–Trinajstić information content (AvgIpc) is 2.33. The lowest BCUT2D eigenvalue weighted by atomic mass is 9.90. The van der Waals surface area contributed by atoms with Crippen molar-refractivity contribution in [3.8, 4) is 0 Å². The second-order valence-electron chi connectivity index (χ2n) is 5.05. The van der Waals surface area contributed by atoms with Gasteiger partial charge < -0.3 is 10.1 Å². The number of rotatable bonds is 7. The van der Waals surface area contributed by atoms with E-state index in [1.807, 2.05) is 0 Å². The fourth-order valence-corrected chi connectivity index (χ4v) is 2.44. The van der Waals surface area contributed by atoms with Gasteiger partial charge in [0.2, 0.25) is 0 Å². The Bertz CT molecular complexity index is 215. The van der Waals surface area contributed by atoms with E-state index in [0.717, 1.165) is 32.4 Å². The van der Waals surface area contributed by atoms with Crippen LogP contribution in [0, 0.1) is 5.92 Å². The van der Waals surface area contributed by atoms with Gasteiger partial charge in [0, 0.05) is 19.1 Å². The molecule has 5 heteroatoms. The number of alkyl halides is 3. The largest absolute Gasteiger partial charge is 0.389 e. The molecular weight excluding hydrogens is 243 g/mol. The summed E-state index contributed by atoms with van der Waals surface area (Å²) in [6.45, 7) is 4.41. The molecule has 2 unspecified atom stereocenters. The molecular formula is C13H24F3NO. The molecule has 1 aliphatic heterocycles. The van der Waals surface area contributed by atoms with E-state index in [1.54, 1.807) is 0 Å². The summed E-state index contributed by atoms with van der Waals surface area (Å²) in [5.41, 5.74) is 0. The highest BCUT2D eigenvalue weighted by Crippen LogP contribution is 2.26. The van der Waals surface area contributed by atoms with Crippen LogP contribution in [0.25, 0.3) is 0 Å². The lowest BCUT2D eigenvalue weighted by molar-refractivity contribution is -0.136. The van der Waals surface area contributed by atoms with Crippen LogP contribution in [0.1, 0.15) is 45.4 Å². The Kier molecular flexibility index (Phi) is 7.00. The zero-order valence-electron chi connectivity index (χ0n) is 11.1. The molecule has 0 bridgehead atoms. The Labute approximate surface area is 107 Å². The maximum Gasteiger partial charge on any atom is 0.389 e. The second kappa shape index (κ2) is 8.00. The molecule has 2 nitrogen and oxygen atoms in total. The van der Waals surface area contributed by atoms with E-state index in [4.69, 9.17) is 4.74 Å². The molecule has 18 heavy (non-hydrogen) atoms. The van der Waals surface area contributed by atoms with E-state index in [9.17, 15) is 13.2 Å². The lowest BCUT2D eigenvalue weighted by Gasteiger charge is -2.31. The molecule has 0 radical (unpaired) electrons. The molecule has 108 valence electrons. The highest BCUT2D eigenvalue weighted by atomic mass is 19.4. The first-order chi connectivity index (χ1) is 8.53. The molecule has 0 spiro atoms. The molecule has 1 heterocycles. The Balaban J connectivity index is 2.34. The molecule has 0 aromatic rings. The van der Waals surface area contributed by atoms with Crippen LogP contribution in [-0.2, 0) is 4.74 Å². The monoisotopic (exact) mass is 267 g/mol. The van der Waals surface area contributed by atoms with Crippen molar-refractivity contribution < 1.29 is 17.9 Å². The van der Waals surface area contributed by atoms with E-state index >= 15 is 0 Å². The van der Waals surface area contributed by atoms with Gasteiger partial charge in [-0.1, -0.05) is 6.92 Å². The van der Waals surface area contributed by atoms with Crippen LogP contribution in [0.2, 0.25) is 0 Å². The lowest BCUT2D eigenvalue weighted by Crippen LogP contribution is -2.40. The first-order valence-corrected chi connectivity index (χ1v) is 6.91. The quantitative estimate of drug-likeness (QED) is 0.762. The molecule has 1 rings (SSSR count). The van der Waals surface area contributed by atoms with Gasteiger partial charge in [0.1, 0.15) is 0 Å². The molecule has 1 N–H and O–H groups in total. The van der Waals surface area contributed by atoms with Crippen molar-refractivity contribution >= 4 is 0 Å². The first kappa shape index (κ1) is 15.8. The standard InChI is InChI=1S/C13H24F3NO/c1-2-8-17-12(6-3-7-13(14,15)16)11-5-4-9-18-10-11/h11-12,17H,2-10H2,1H3. The van der Waals surface area contributed by atoms with Gasteiger partial charge in [-0.25, -0.2) is 0 Å². The fraction of sp³-hybridized carbons (Fsp3) is 1.00. The van der Waals surface area contributed by atoms with Gasteiger partial charge in [-0.2, -0.15) is 13.2 Å². The van der Waals surface area contributed by atoms with E-state index in [1.165, 1.54) is 0 Å². The number of hydrogen-bond donors (Lipinski definition) is 1. The molecule has 0 aliphatic carbocycles. The highest BCUT2D eigenvalue weighted by molar-refractivity contribution is 4.78. The van der Waals surface area contributed by atoms with Gasteiger partial charge in [-0.15, -0.1) is 0 Å². The number of ether oxygens (including phenoxy) is 1. The summed E-state index contributed by atoms with van der Waals surface area (Å²) < 4.78 is 41.9. The highest BCUT2D eigenvalue weighted by Gasteiger charge is 2.28. The van der Waals surface area contributed by atoms with Crippen molar-refractivity contribution in [1.82, 2.24) is 5.32 Å². The van der Waals surface area contributed by atoms with E-state index in [0.29, 0.717) is 18.9 Å². The van der Waals surface area contributed by atoms with Crippen molar-refractivity contribution in [2.75, 3.05) is 19.8 Å². The van der Waals surface area contributed by atoms with E-state index < -0.39 is 12.6 Å². The SMILES string of the molecule is CCCNC(CCCC(F)(F)F)C1CCCOC1. The summed E-state index contributed by atoms with van der Waals surface area (Å²) in [5, 5.41) is 3.38. The Morgan fingerprint density at radius 1 is 1.39 bits per heavy atom. The zero-order valence-corrected chi connectivity index (χ0v) is 11.1. The van der Waals surface area contributed by atoms with Gasteiger partial charge in [-0.3, -0.25) is 0 Å². The summed E-state index contributed by atoms with van der Waals surface area (Å²) in [7, 11) is 0. The third-order valence-electron chi connectivity index (χ3n) is 3.40. The van der Waals surface area contributed by atoms with Crippen LogP contribution < -0.4 is 5.32 Å². The van der Waals surface area contributed by atoms with Crippen LogP contribution >= 0.6 is 0 Å². The maximum atomic E-state index is 12.2. The van der Waals surface area contributed by atoms with Crippen LogP contribution in [0.4, 0.5) is 13.2 Å². The molecule has 2 atom stereocenters. The van der Waals surface area contributed by atoms with Crippen molar-refractivity contribution in [3.05, 3.63) is 0 Å². The molecule has 1 fully saturated rings. The van der Waals surface area contributed by atoms with Crippen molar-refractivity contribution in [2.45, 2.75) is 57.7 Å². The van der Waals surface area contributed by atoms with Crippen molar-refractivity contribution in [2.24, 2.45) is 5.92 Å². The Morgan fingerprint density at radius 3 is 2.72 bits per heavy atom. The molecule has 0 saturated carbocycles. The summed E-state index contributed by atoms with van der Waals surface area (Å²) in [5.74, 6) is 0.374. The molecule has 0 aromatic carbocycles. The van der Waals surface area contributed by atoms with Crippen LogP contribution in [-0.4, -0.2) is 32.0 Å². The second-order valence-corrected chi connectivity index (χ2v) is 5.05. The molecule has 1 saturated heterocycles. The maximum absolute atomic E-state index is 12.2. The van der Waals surface area contributed by atoms with Gasteiger partial charge in [-0.05, 0) is 44.6 Å². The average molecular weight is 267 g/mol. The van der Waals surface area contributed by atoms with Crippen LogP contribution in [0.15, 0.2) is 0 Å². The third-order valence-corrected chi connectivity index (χ3v) is 3.40. The van der Waals surface area contributed by atoms with Gasteiger partial charge in [0.05, 0.1) is 6.61 Å². The summed E-state index contributed by atoms with van der Waals surface area (Å²) >= 11 is 0. The normalized spacial score (nSPS) is 23.0.